The molecule has 0 radical (unpaired) electrons. The van der Waals surface area contributed by atoms with Gasteiger partial charge in [-0.1, -0.05) is 18.5 Å². The molecule has 10 heteroatoms. The van der Waals surface area contributed by atoms with Crippen molar-refractivity contribution in [1.29, 1.82) is 0 Å². The number of hydrogen-bond donors (Lipinski definition) is 0. The van der Waals surface area contributed by atoms with Gasteiger partial charge in [0.15, 0.2) is 0 Å². The molecule has 2 fully saturated rings. The molecule has 2 aliphatic heterocycles. The van der Waals surface area contributed by atoms with Crippen LogP contribution >= 0.6 is 11.6 Å². The van der Waals surface area contributed by atoms with Gasteiger partial charge in [0.05, 0.1) is 41.0 Å². The summed E-state index contributed by atoms with van der Waals surface area (Å²) in [5.41, 5.74) is 0.227. The molecule has 2 saturated heterocycles. The first-order chi connectivity index (χ1) is 13.2. The van der Waals surface area contributed by atoms with Crippen LogP contribution in [0.2, 0.25) is 5.02 Å². The largest absolute Gasteiger partial charge is 0.469 e. The van der Waals surface area contributed by atoms with Crippen molar-refractivity contribution in [1.82, 2.24) is 4.90 Å². The van der Waals surface area contributed by atoms with Gasteiger partial charge in [-0.15, -0.1) is 0 Å². The SMILES string of the molecule is COC(=O)C1CCN(C(=O)c2cc(N3C(=O)C(C)CS3(=O)=O)ccc2Cl)CC1. The maximum Gasteiger partial charge on any atom is 0.308 e. The lowest BCUT2D eigenvalue weighted by Crippen LogP contribution is -2.40. The molecular formula is C18H21ClN2O6S. The van der Waals surface area contributed by atoms with Gasteiger partial charge in [-0.05, 0) is 31.0 Å². The Morgan fingerprint density at radius 3 is 2.39 bits per heavy atom. The van der Waals surface area contributed by atoms with Crippen LogP contribution < -0.4 is 4.31 Å². The van der Waals surface area contributed by atoms with E-state index in [0.29, 0.717) is 25.9 Å². The van der Waals surface area contributed by atoms with Gasteiger partial charge in [0.1, 0.15) is 0 Å². The van der Waals surface area contributed by atoms with Crippen LogP contribution in [-0.2, 0) is 24.3 Å². The van der Waals surface area contributed by atoms with Crippen LogP contribution in [0, 0.1) is 11.8 Å². The van der Waals surface area contributed by atoms with Gasteiger partial charge in [0.25, 0.3) is 5.91 Å². The number of anilines is 1. The molecule has 0 aromatic heterocycles. The summed E-state index contributed by atoms with van der Waals surface area (Å²) in [5.74, 6) is -2.34. The molecular weight excluding hydrogens is 408 g/mol. The Kier molecular flexibility index (Phi) is 5.67. The first-order valence-electron chi connectivity index (χ1n) is 8.89. The number of benzene rings is 1. The van der Waals surface area contributed by atoms with Crippen molar-refractivity contribution in [3.63, 3.8) is 0 Å². The van der Waals surface area contributed by atoms with E-state index < -0.39 is 21.8 Å². The molecule has 152 valence electrons. The highest BCUT2D eigenvalue weighted by Crippen LogP contribution is 2.32. The predicted octanol–water partition coefficient (Wildman–Crippen LogP) is 1.68. The van der Waals surface area contributed by atoms with E-state index in [1.54, 1.807) is 11.8 Å². The summed E-state index contributed by atoms with van der Waals surface area (Å²) in [4.78, 5) is 38.4. The van der Waals surface area contributed by atoms with Gasteiger partial charge in [0, 0.05) is 13.1 Å². The number of methoxy groups -OCH3 is 1. The van der Waals surface area contributed by atoms with E-state index in [4.69, 9.17) is 16.3 Å². The number of carbonyl (C=O) groups is 3. The number of carbonyl (C=O) groups excluding carboxylic acids is 3. The fraction of sp³-hybridized carbons (Fsp3) is 0.500. The minimum Gasteiger partial charge on any atom is -0.469 e. The van der Waals surface area contributed by atoms with Crippen molar-refractivity contribution in [2.45, 2.75) is 19.8 Å². The van der Waals surface area contributed by atoms with Crippen LogP contribution in [-0.4, -0.2) is 57.1 Å². The van der Waals surface area contributed by atoms with Crippen molar-refractivity contribution >= 4 is 45.1 Å². The molecule has 3 rings (SSSR count). The van der Waals surface area contributed by atoms with Crippen LogP contribution in [0.5, 0.6) is 0 Å². The number of rotatable bonds is 3. The maximum atomic E-state index is 12.9. The highest BCUT2D eigenvalue weighted by molar-refractivity contribution is 7.94. The second-order valence-corrected chi connectivity index (χ2v) is 9.31. The standard InChI is InChI=1S/C18H21ClN2O6S/c1-11-10-28(25,26)21(16(11)22)13-3-4-15(19)14(9-13)17(23)20-7-5-12(6-8-20)18(24)27-2/h3-4,9,11-12H,5-8,10H2,1-2H3. The van der Waals surface area contributed by atoms with E-state index in [1.165, 1.54) is 25.3 Å². The average molecular weight is 429 g/mol. The second-order valence-electron chi connectivity index (χ2n) is 7.04. The highest BCUT2D eigenvalue weighted by atomic mass is 35.5. The minimum absolute atomic E-state index is 0.103. The van der Waals surface area contributed by atoms with Crippen molar-refractivity contribution < 1.29 is 27.5 Å². The molecule has 1 aromatic rings. The van der Waals surface area contributed by atoms with Crippen LogP contribution in [0.25, 0.3) is 0 Å². The van der Waals surface area contributed by atoms with Crippen molar-refractivity contribution in [3.05, 3.63) is 28.8 Å². The summed E-state index contributed by atoms with van der Waals surface area (Å²) in [6, 6.07) is 4.16. The zero-order valence-electron chi connectivity index (χ0n) is 15.6. The lowest BCUT2D eigenvalue weighted by atomic mass is 9.96. The van der Waals surface area contributed by atoms with Crippen LogP contribution in [0.3, 0.4) is 0 Å². The van der Waals surface area contributed by atoms with E-state index in [9.17, 15) is 22.8 Å². The van der Waals surface area contributed by atoms with Crippen LogP contribution in [0.15, 0.2) is 18.2 Å². The van der Waals surface area contributed by atoms with Gasteiger partial charge in [-0.25, -0.2) is 12.7 Å². The fourth-order valence-electron chi connectivity index (χ4n) is 3.55. The smallest absolute Gasteiger partial charge is 0.308 e. The molecule has 8 nitrogen and oxygen atoms in total. The lowest BCUT2D eigenvalue weighted by Gasteiger charge is -2.31. The van der Waals surface area contributed by atoms with Crippen LogP contribution in [0.1, 0.15) is 30.1 Å². The van der Waals surface area contributed by atoms with Gasteiger partial charge in [0.2, 0.25) is 15.9 Å². The maximum absolute atomic E-state index is 12.9. The minimum atomic E-state index is -3.77. The fourth-order valence-corrected chi connectivity index (χ4v) is 5.56. The van der Waals surface area contributed by atoms with Gasteiger partial charge >= 0.3 is 5.97 Å². The Morgan fingerprint density at radius 2 is 1.86 bits per heavy atom. The number of esters is 1. The number of ether oxygens (including phenoxy) is 1. The summed E-state index contributed by atoms with van der Waals surface area (Å²) < 4.78 is 30.1. The Hall–Kier alpha value is -2.13. The molecule has 2 amide bonds. The van der Waals surface area contributed by atoms with Crippen molar-refractivity contribution in [2.75, 3.05) is 30.3 Å². The normalized spacial score (nSPS) is 22.4. The molecule has 2 aliphatic rings. The quantitative estimate of drug-likeness (QED) is 0.679. The van der Waals surface area contributed by atoms with Gasteiger partial charge < -0.3 is 9.64 Å². The number of halogens is 1. The zero-order chi connectivity index (χ0) is 20.6. The molecule has 0 bridgehead atoms. The summed E-state index contributed by atoms with van der Waals surface area (Å²) in [7, 11) is -2.44. The first-order valence-corrected chi connectivity index (χ1v) is 10.9. The van der Waals surface area contributed by atoms with Crippen molar-refractivity contribution in [2.24, 2.45) is 11.8 Å². The molecule has 1 aromatic carbocycles. The van der Waals surface area contributed by atoms with Gasteiger partial charge in [-0.2, -0.15) is 0 Å². The highest BCUT2D eigenvalue weighted by Gasteiger charge is 2.42. The number of sulfonamides is 1. The van der Waals surface area contributed by atoms with E-state index in [-0.39, 0.29) is 39.8 Å². The monoisotopic (exact) mass is 428 g/mol. The molecule has 2 heterocycles. The predicted molar refractivity (Wildman–Crippen MR) is 103 cm³/mol. The van der Waals surface area contributed by atoms with Crippen LogP contribution in [0.4, 0.5) is 5.69 Å². The zero-order valence-corrected chi connectivity index (χ0v) is 17.1. The second kappa shape index (κ2) is 7.71. The summed E-state index contributed by atoms with van der Waals surface area (Å²) in [5, 5.41) is 0.168. The first kappa shape index (κ1) is 20.6. The Balaban J connectivity index is 1.84. The topological polar surface area (TPSA) is 101 Å². The number of nitrogens with zero attached hydrogens (tertiary/aromatic N) is 2. The number of amides is 2. The average Bonchev–Trinajstić information content (AvgIpc) is 2.88. The Morgan fingerprint density at radius 1 is 1.21 bits per heavy atom. The summed E-state index contributed by atoms with van der Waals surface area (Å²) >= 11 is 6.18. The number of piperidine rings is 1. The molecule has 1 unspecified atom stereocenters. The Bertz CT molecular complexity index is 924. The molecule has 1 atom stereocenters. The summed E-state index contributed by atoms with van der Waals surface area (Å²) in [6.07, 6.45) is 0.957. The van der Waals surface area contributed by atoms with E-state index in [1.807, 2.05) is 0 Å². The van der Waals surface area contributed by atoms with E-state index in [2.05, 4.69) is 0 Å². The van der Waals surface area contributed by atoms with Gasteiger partial charge in [-0.3, -0.25) is 14.4 Å². The third-order valence-electron chi connectivity index (χ3n) is 5.09. The molecule has 28 heavy (non-hydrogen) atoms. The Labute approximate surface area is 168 Å². The molecule has 0 N–H and O–H groups in total. The summed E-state index contributed by atoms with van der Waals surface area (Å²) in [6.45, 7) is 2.27. The third-order valence-corrected chi connectivity index (χ3v) is 7.29. The molecule has 0 aliphatic carbocycles. The molecule has 0 spiro atoms. The molecule has 0 saturated carbocycles. The number of likely N-dealkylation sites (tertiary alicyclic amines) is 1. The number of hydrogen-bond acceptors (Lipinski definition) is 6. The van der Waals surface area contributed by atoms with Crippen molar-refractivity contribution in [3.8, 4) is 0 Å². The lowest BCUT2D eigenvalue weighted by molar-refractivity contribution is -0.146. The van der Waals surface area contributed by atoms with E-state index in [0.717, 1.165) is 4.31 Å². The third kappa shape index (κ3) is 3.73. The van der Waals surface area contributed by atoms with E-state index >= 15 is 0 Å².